The summed E-state index contributed by atoms with van der Waals surface area (Å²) in [5, 5.41) is 52.7. The standard InChI is InChI=1S/C35H56O9/c1-19(2)21-9-14-33(6)26(32(21,5)13-12-27(39)40)17-24(38)28-22(10-15-34(28,33)7)35(8,16-11-23(37)20(3)4)44-31-30(42)29(41)25(18-36)43-31/h21-22,24-26,28-31,36,38,41-42H,1,3,9-18H2,2,4-8H3,(H,39,40)/t21?,22?,24?,25-,26?,28?,29-,30+,31-,32?,33?,34?,35?/m0/s1. The number of carboxylic acid groups (broad SMARTS) is 1. The zero-order valence-corrected chi connectivity index (χ0v) is 27.6. The highest BCUT2D eigenvalue weighted by molar-refractivity contribution is 5.94. The molecule has 1 aliphatic heterocycles. The SMILES string of the molecule is C=C(C)C(=O)CCC(C)(O[C@@H]1O[C@@H](CO)[C@H](O)[C@H]1O)C1CCC2(C)C1C(O)CC1C(C)(CCC(=O)O)C(C(=C)C)CCC12C. The van der Waals surface area contributed by atoms with Gasteiger partial charge in [-0.3, -0.25) is 9.59 Å². The molecular weight excluding hydrogens is 564 g/mol. The zero-order chi connectivity index (χ0) is 33.0. The summed E-state index contributed by atoms with van der Waals surface area (Å²) in [5.41, 5.74) is -0.340. The fourth-order valence-corrected chi connectivity index (χ4v) is 10.5. The van der Waals surface area contributed by atoms with Gasteiger partial charge < -0.3 is 35.0 Å². The maximum Gasteiger partial charge on any atom is 0.303 e. The van der Waals surface area contributed by atoms with E-state index in [1.54, 1.807) is 6.92 Å². The summed E-state index contributed by atoms with van der Waals surface area (Å²) in [6.07, 6.45) is -0.580. The van der Waals surface area contributed by atoms with E-state index < -0.39 is 48.9 Å². The van der Waals surface area contributed by atoms with Gasteiger partial charge in [0.15, 0.2) is 12.1 Å². The van der Waals surface area contributed by atoms with Gasteiger partial charge in [0.1, 0.15) is 18.3 Å². The maximum atomic E-state index is 12.8. The lowest BCUT2D eigenvalue weighted by Gasteiger charge is -2.67. The first kappa shape index (κ1) is 35.2. The summed E-state index contributed by atoms with van der Waals surface area (Å²) >= 11 is 0. The van der Waals surface area contributed by atoms with Crippen LogP contribution in [-0.4, -0.2) is 80.2 Å². The van der Waals surface area contributed by atoms with Crippen molar-refractivity contribution in [2.75, 3.05) is 6.61 Å². The number of carbonyl (C=O) groups excluding carboxylic acids is 1. The number of hydrogen-bond acceptors (Lipinski definition) is 8. The zero-order valence-electron chi connectivity index (χ0n) is 27.6. The molecule has 0 aromatic carbocycles. The van der Waals surface area contributed by atoms with Gasteiger partial charge in [0.2, 0.25) is 0 Å². The third kappa shape index (κ3) is 5.75. The van der Waals surface area contributed by atoms with Crippen LogP contribution < -0.4 is 0 Å². The summed E-state index contributed by atoms with van der Waals surface area (Å²) in [5.74, 6) is -1.04. The third-order valence-electron chi connectivity index (χ3n) is 13.1. The number of ketones is 1. The molecule has 1 heterocycles. The number of allylic oxidation sites excluding steroid dienone is 2. The van der Waals surface area contributed by atoms with Crippen molar-refractivity contribution < 1.29 is 44.6 Å². The average Bonchev–Trinajstić information content (AvgIpc) is 3.45. The van der Waals surface area contributed by atoms with Gasteiger partial charge in [0, 0.05) is 12.8 Å². The topological polar surface area (TPSA) is 154 Å². The largest absolute Gasteiger partial charge is 0.481 e. The van der Waals surface area contributed by atoms with Crippen LogP contribution in [0.15, 0.2) is 24.3 Å². The van der Waals surface area contributed by atoms with Gasteiger partial charge in [0.05, 0.1) is 18.3 Å². The molecule has 0 radical (unpaired) electrons. The van der Waals surface area contributed by atoms with Crippen LogP contribution in [0.1, 0.15) is 99.3 Å². The molecule has 44 heavy (non-hydrogen) atoms. The van der Waals surface area contributed by atoms with Crippen molar-refractivity contribution in [2.45, 2.75) is 136 Å². The van der Waals surface area contributed by atoms with Gasteiger partial charge in [0.25, 0.3) is 0 Å². The molecule has 0 aromatic heterocycles. The molecule has 9 unspecified atom stereocenters. The second-order valence-electron chi connectivity index (χ2n) is 15.5. The Morgan fingerprint density at radius 2 is 1.64 bits per heavy atom. The van der Waals surface area contributed by atoms with Crippen LogP contribution in [0.2, 0.25) is 0 Å². The van der Waals surface area contributed by atoms with Crippen molar-refractivity contribution in [3.63, 3.8) is 0 Å². The van der Waals surface area contributed by atoms with Crippen LogP contribution in [0.25, 0.3) is 0 Å². The molecule has 250 valence electrons. The highest BCUT2D eigenvalue weighted by atomic mass is 16.7. The highest BCUT2D eigenvalue weighted by Gasteiger charge is 2.70. The Hall–Kier alpha value is -1.62. The van der Waals surface area contributed by atoms with Crippen molar-refractivity contribution in [1.82, 2.24) is 0 Å². The first-order valence-electron chi connectivity index (χ1n) is 16.4. The quantitative estimate of drug-likeness (QED) is 0.158. The van der Waals surface area contributed by atoms with Gasteiger partial charge >= 0.3 is 5.97 Å². The molecule has 9 heteroatoms. The summed E-state index contributed by atoms with van der Waals surface area (Å²) in [4.78, 5) is 24.5. The Morgan fingerprint density at radius 3 is 2.18 bits per heavy atom. The fourth-order valence-electron chi connectivity index (χ4n) is 10.5. The average molecular weight is 621 g/mol. The van der Waals surface area contributed by atoms with Gasteiger partial charge in [-0.05, 0) is 111 Å². The molecule has 0 spiro atoms. The number of rotatable bonds is 12. The number of ether oxygens (including phenoxy) is 2. The number of aliphatic hydroxyl groups excluding tert-OH is 4. The van der Waals surface area contributed by atoms with E-state index in [9.17, 15) is 35.1 Å². The van der Waals surface area contributed by atoms with Crippen molar-refractivity contribution in [3.05, 3.63) is 24.3 Å². The Balaban J connectivity index is 1.72. The van der Waals surface area contributed by atoms with E-state index in [0.717, 1.165) is 31.3 Å². The Labute approximate surface area is 262 Å². The molecule has 0 aromatic rings. The Morgan fingerprint density at radius 1 is 1.00 bits per heavy atom. The van der Waals surface area contributed by atoms with E-state index in [4.69, 9.17) is 9.47 Å². The normalized spacial score (nSPS) is 44.8. The number of aliphatic carboxylic acids is 1. The molecular formula is C35H56O9. The molecule has 5 N–H and O–H groups in total. The van der Waals surface area contributed by atoms with Crippen LogP contribution in [0.4, 0.5) is 0 Å². The molecule has 0 bridgehead atoms. The van der Waals surface area contributed by atoms with E-state index in [-0.39, 0.29) is 58.5 Å². The van der Waals surface area contributed by atoms with Crippen LogP contribution >= 0.6 is 0 Å². The Kier molecular flexibility index (Phi) is 10.0. The van der Waals surface area contributed by atoms with Gasteiger partial charge in [-0.2, -0.15) is 0 Å². The molecule has 4 aliphatic rings. The maximum absolute atomic E-state index is 12.8. The molecule has 9 nitrogen and oxygen atoms in total. The van der Waals surface area contributed by atoms with Crippen LogP contribution in [0.5, 0.6) is 0 Å². The summed E-state index contributed by atoms with van der Waals surface area (Å²) in [6, 6.07) is 0. The second-order valence-corrected chi connectivity index (χ2v) is 15.5. The predicted octanol–water partition coefficient (Wildman–Crippen LogP) is 4.40. The number of carbonyl (C=O) groups is 2. The van der Waals surface area contributed by atoms with Gasteiger partial charge in [-0.1, -0.05) is 39.5 Å². The number of aliphatic hydroxyl groups is 4. The molecule has 4 fully saturated rings. The van der Waals surface area contributed by atoms with Crippen LogP contribution in [-0.2, 0) is 19.1 Å². The van der Waals surface area contributed by atoms with Gasteiger partial charge in [-0.15, -0.1) is 0 Å². The number of carboxylic acids is 1. The lowest BCUT2D eigenvalue weighted by Crippen LogP contribution is -2.64. The molecule has 3 aliphatic carbocycles. The number of Topliss-reactive ketones (excluding diaryl/α,β-unsaturated/α-hetero) is 1. The smallest absolute Gasteiger partial charge is 0.303 e. The minimum Gasteiger partial charge on any atom is -0.481 e. The lowest BCUT2D eigenvalue weighted by atomic mass is 9.37. The number of hydrogen-bond donors (Lipinski definition) is 5. The van der Waals surface area contributed by atoms with E-state index in [0.29, 0.717) is 24.8 Å². The predicted molar refractivity (Wildman–Crippen MR) is 165 cm³/mol. The monoisotopic (exact) mass is 620 g/mol. The summed E-state index contributed by atoms with van der Waals surface area (Å²) in [7, 11) is 0. The second kappa shape index (κ2) is 12.5. The first-order valence-corrected chi connectivity index (χ1v) is 16.4. The summed E-state index contributed by atoms with van der Waals surface area (Å²) in [6.45, 7) is 20.1. The number of fused-ring (bicyclic) bond motifs is 3. The van der Waals surface area contributed by atoms with E-state index in [1.165, 1.54) is 0 Å². The van der Waals surface area contributed by atoms with Crippen LogP contribution in [0, 0.1) is 39.9 Å². The van der Waals surface area contributed by atoms with Crippen LogP contribution in [0.3, 0.4) is 0 Å². The third-order valence-corrected chi connectivity index (χ3v) is 13.1. The van der Waals surface area contributed by atoms with Crippen molar-refractivity contribution in [1.29, 1.82) is 0 Å². The molecule has 1 saturated heterocycles. The lowest BCUT2D eigenvalue weighted by molar-refractivity contribution is -0.260. The van der Waals surface area contributed by atoms with E-state index in [2.05, 4.69) is 33.9 Å². The summed E-state index contributed by atoms with van der Waals surface area (Å²) < 4.78 is 12.3. The fraction of sp³-hybridized carbons (Fsp3) is 0.829. The van der Waals surface area contributed by atoms with Crippen molar-refractivity contribution in [2.24, 2.45) is 39.9 Å². The molecule has 3 saturated carbocycles. The minimum absolute atomic E-state index is 0.0682. The van der Waals surface area contributed by atoms with E-state index >= 15 is 0 Å². The van der Waals surface area contributed by atoms with E-state index in [1.807, 2.05) is 13.8 Å². The highest BCUT2D eigenvalue weighted by Crippen LogP contribution is 2.74. The van der Waals surface area contributed by atoms with Crippen molar-refractivity contribution in [3.8, 4) is 0 Å². The van der Waals surface area contributed by atoms with Gasteiger partial charge in [-0.25, -0.2) is 0 Å². The Bertz CT molecular complexity index is 1140. The molecule has 0 amide bonds. The van der Waals surface area contributed by atoms with Crippen molar-refractivity contribution >= 4 is 11.8 Å². The molecule has 4 rings (SSSR count). The molecule has 13 atom stereocenters. The first-order chi connectivity index (χ1) is 20.4. The minimum atomic E-state index is -1.37.